The fourth-order valence-corrected chi connectivity index (χ4v) is 5.05. The number of H-pyrrole nitrogens is 1. The lowest BCUT2D eigenvalue weighted by Gasteiger charge is -2.35. The average Bonchev–Trinajstić information content (AvgIpc) is 2.75. The van der Waals surface area contributed by atoms with Crippen LogP contribution in [0.25, 0.3) is 11.3 Å². The molecule has 1 aliphatic rings. The van der Waals surface area contributed by atoms with E-state index in [-0.39, 0.29) is 10.5 Å². The molecule has 3 aromatic rings. The first-order valence-electron chi connectivity index (χ1n) is 9.11. The summed E-state index contributed by atoms with van der Waals surface area (Å²) in [5.74, 6) is 0. The van der Waals surface area contributed by atoms with E-state index in [1.165, 1.54) is 10.4 Å². The van der Waals surface area contributed by atoms with E-state index in [1.807, 2.05) is 35.2 Å². The molecule has 7 nitrogen and oxygen atoms in total. The Morgan fingerprint density at radius 3 is 2.24 bits per heavy atom. The number of anilines is 1. The van der Waals surface area contributed by atoms with Gasteiger partial charge < -0.3 is 4.90 Å². The Hall–Kier alpha value is -2.49. The molecule has 1 N–H and O–H groups in total. The normalized spacial score (nSPS) is 15.4. The summed E-state index contributed by atoms with van der Waals surface area (Å²) >= 11 is 3.32. The molecule has 0 aliphatic carbocycles. The zero-order valence-corrected chi connectivity index (χ0v) is 17.9. The minimum absolute atomic E-state index is 0.275. The monoisotopic (exact) mass is 474 g/mol. The molecule has 150 valence electrons. The van der Waals surface area contributed by atoms with Gasteiger partial charge in [0.2, 0.25) is 10.0 Å². The first-order valence-corrected chi connectivity index (χ1v) is 11.3. The fourth-order valence-electron chi connectivity index (χ4n) is 3.37. The number of rotatable bonds is 4. The molecule has 1 aliphatic heterocycles. The van der Waals surface area contributed by atoms with Crippen molar-refractivity contribution in [1.82, 2.24) is 14.5 Å². The van der Waals surface area contributed by atoms with Gasteiger partial charge >= 0.3 is 0 Å². The Morgan fingerprint density at radius 1 is 0.931 bits per heavy atom. The van der Waals surface area contributed by atoms with Gasteiger partial charge in [-0.2, -0.15) is 9.40 Å². The molecule has 2 aromatic carbocycles. The van der Waals surface area contributed by atoms with E-state index in [4.69, 9.17) is 0 Å². The number of aromatic nitrogens is 2. The number of hydrogen-bond acceptors (Lipinski definition) is 5. The van der Waals surface area contributed by atoms with Crippen molar-refractivity contribution in [3.05, 3.63) is 75.5 Å². The Labute approximate surface area is 177 Å². The average molecular weight is 475 g/mol. The first-order chi connectivity index (χ1) is 13.9. The Kier molecular flexibility index (Phi) is 5.53. The maximum Gasteiger partial charge on any atom is 0.266 e. The molecular formula is C20H19BrN4O3S. The lowest BCUT2D eigenvalue weighted by Crippen LogP contribution is -2.49. The van der Waals surface area contributed by atoms with Gasteiger partial charge in [0, 0.05) is 42.3 Å². The van der Waals surface area contributed by atoms with E-state index < -0.39 is 10.0 Å². The maximum atomic E-state index is 12.9. The van der Waals surface area contributed by atoms with Crippen molar-refractivity contribution >= 4 is 31.6 Å². The zero-order valence-electron chi connectivity index (χ0n) is 15.5. The highest BCUT2D eigenvalue weighted by molar-refractivity contribution is 9.10. The van der Waals surface area contributed by atoms with Crippen molar-refractivity contribution in [2.24, 2.45) is 0 Å². The molecule has 0 unspecified atom stereocenters. The second-order valence-electron chi connectivity index (χ2n) is 6.68. The molecule has 0 saturated carbocycles. The van der Waals surface area contributed by atoms with Crippen LogP contribution in [-0.4, -0.2) is 49.1 Å². The predicted octanol–water partition coefficient (Wildman–Crippen LogP) is 2.71. The van der Waals surface area contributed by atoms with Crippen LogP contribution in [0.2, 0.25) is 0 Å². The van der Waals surface area contributed by atoms with Crippen molar-refractivity contribution in [2.75, 3.05) is 31.1 Å². The Bertz CT molecular complexity index is 1160. The van der Waals surface area contributed by atoms with Crippen molar-refractivity contribution in [2.45, 2.75) is 4.90 Å². The number of halogens is 1. The number of nitrogens with zero attached hydrogens (tertiary/aromatic N) is 3. The highest BCUT2D eigenvalue weighted by Gasteiger charge is 2.29. The molecule has 1 saturated heterocycles. The van der Waals surface area contributed by atoms with E-state index in [0.29, 0.717) is 37.6 Å². The van der Waals surface area contributed by atoms with Crippen LogP contribution < -0.4 is 10.5 Å². The van der Waals surface area contributed by atoms with Crippen molar-refractivity contribution < 1.29 is 8.42 Å². The van der Waals surface area contributed by atoms with Crippen LogP contribution in [0.5, 0.6) is 0 Å². The highest BCUT2D eigenvalue weighted by atomic mass is 79.9. The second kappa shape index (κ2) is 8.10. The molecule has 1 fully saturated rings. The fraction of sp³-hybridized carbons (Fsp3) is 0.200. The molecule has 0 spiro atoms. The summed E-state index contributed by atoms with van der Waals surface area (Å²) in [5.41, 5.74) is 1.99. The summed E-state index contributed by atoms with van der Waals surface area (Å²) in [5, 5.41) is 6.73. The van der Waals surface area contributed by atoms with Crippen LogP contribution in [0.1, 0.15) is 0 Å². The van der Waals surface area contributed by atoms with Crippen LogP contribution in [0.15, 0.2) is 74.8 Å². The number of sulfonamides is 1. The lowest BCUT2D eigenvalue weighted by atomic mass is 10.1. The van der Waals surface area contributed by atoms with Gasteiger partial charge in [-0.05, 0) is 24.3 Å². The third-order valence-corrected chi connectivity index (χ3v) is 7.31. The predicted molar refractivity (Wildman–Crippen MR) is 115 cm³/mol. The van der Waals surface area contributed by atoms with Crippen LogP contribution in [0.4, 0.5) is 5.69 Å². The maximum absolute atomic E-state index is 12.9. The van der Waals surface area contributed by atoms with E-state index >= 15 is 0 Å². The third-order valence-electron chi connectivity index (χ3n) is 4.87. The summed E-state index contributed by atoms with van der Waals surface area (Å²) in [6.07, 6.45) is 0. The van der Waals surface area contributed by atoms with Crippen LogP contribution in [0, 0.1) is 0 Å². The minimum atomic E-state index is -3.55. The van der Waals surface area contributed by atoms with Gasteiger partial charge in [-0.3, -0.25) is 4.79 Å². The van der Waals surface area contributed by atoms with Gasteiger partial charge in [0.1, 0.15) is 5.69 Å². The van der Waals surface area contributed by atoms with Gasteiger partial charge in [0.25, 0.3) is 5.56 Å². The SMILES string of the molecule is O=c1cc(N2CCN(S(=O)(=O)c3ccc(Br)cc3)CC2)c(-c2ccccc2)n[nH]1. The van der Waals surface area contributed by atoms with Crippen LogP contribution in [-0.2, 0) is 10.0 Å². The van der Waals surface area contributed by atoms with Crippen molar-refractivity contribution in [1.29, 1.82) is 0 Å². The van der Waals surface area contributed by atoms with Gasteiger partial charge in [-0.25, -0.2) is 13.5 Å². The zero-order chi connectivity index (χ0) is 20.4. The highest BCUT2D eigenvalue weighted by Crippen LogP contribution is 2.28. The lowest BCUT2D eigenvalue weighted by molar-refractivity contribution is 0.385. The molecular weight excluding hydrogens is 456 g/mol. The smallest absolute Gasteiger partial charge is 0.266 e. The number of aromatic amines is 1. The van der Waals surface area contributed by atoms with E-state index in [0.717, 1.165) is 10.0 Å². The van der Waals surface area contributed by atoms with E-state index in [9.17, 15) is 13.2 Å². The third kappa shape index (κ3) is 4.12. The molecule has 0 radical (unpaired) electrons. The number of piperazine rings is 1. The van der Waals surface area contributed by atoms with Gasteiger partial charge in [-0.1, -0.05) is 46.3 Å². The number of hydrogen-bond donors (Lipinski definition) is 1. The molecule has 0 amide bonds. The molecule has 29 heavy (non-hydrogen) atoms. The van der Waals surface area contributed by atoms with E-state index in [1.54, 1.807) is 24.3 Å². The number of nitrogens with one attached hydrogen (secondary N) is 1. The minimum Gasteiger partial charge on any atom is -0.367 e. The summed E-state index contributed by atoms with van der Waals surface area (Å²) in [6.45, 7) is 1.61. The standard InChI is InChI=1S/C20H19BrN4O3S/c21-16-6-8-17(9-7-16)29(27,28)25-12-10-24(11-13-25)18-14-19(26)22-23-20(18)15-4-2-1-3-5-15/h1-9,14H,10-13H2,(H,22,26). The topological polar surface area (TPSA) is 86.4 Å². The van der Waals surface area contributed by atoms with Gasteiger partial charge in [-0.15, -0.1) is 0 Å². The summed E-state index contributed by atoms with van der Waals surface area (Å²) in [6, 6.07) is 17.8. The summed E-state index contributed by atoms with van der Waals surface area (Å²) in [7, 11) is -3.55. The van der Waals surface area contributed by atoms with Gasteiger partial charge in [0.05, 0.1) is 10.6 Å². The number of benzene rings is 2. The quantitative estimate of drug-likeness (QED) is 0.627. The first kappa shape index (κ1) is 19.8. The molecule has 4 rings (SSSR count). The Balaban J connectivity index is 1.57. The summed E-state index contributed by atoms with van der Waals surface area (Å²) < 4.78 is 28.1. The summed E-state index contributed by atoms with van der Waals surface area (Å²) in [4.78, 5) is 14.2. The van der Waals surface area contributed by atoms with Crippen LogP contribution in [0.3, 0.4) is 0 Å². The van der Waals surface area contributed by atoms with Crippen LogP contribution >= 0.6 is 15.9 Å². The molecule has 2 heterocycles. The van der Waals surface area contributed by atoms with Crippen molar-refractivity contribution in [3.63, 3.8) is 0 Å². The molecule has 0 bridgehead atoms. The van der Waals surface area contributed by atoms with Gasteiger partial charge in [0.15, 0.2) is 0 Å². The van der Waals surface area contributed by atoms with E-state index in [2.05, 4.69) is 26.1 Å². The molecule has 1 aromatic heterocycles. The van der Waals surface area contributed by atoms with Crippen molar-refractivity contribution in [3.8, 4) is 11.3 Å². The molecule has 9 heteroatoms. The Morgan fingerprint density at radius 2 is 1.59 bits per heavy atom. The largest absolute Gasteiger partial charge is 0.367 e. The second-order valence-corrected chi connectivity index (χ2v) is 9.53. The molecule has 0 atom stereocenters.